The van der Waals surface area contributed by atoms with Crippen molar-refractivity contribution >= 4 is 51.5 Å². The molecule has 214 valence electrons. The minimum atomic E-state index is -0.941. The van der Waals surface area contributed by atoms with Crippen LogP contribution in [-0.4, -0.2) is 90.4 Å². The molecular formula is C31H34ClN5O4. The van der Waals surface area contributed by atoms with Crippen LogP contribution < -0.4 is 4.90 Å². The van der Waals surface area contributed by atoms with Crippen LogP contribution in [0.4, 0.5) is 11.4 Å². The molecule has 1 amide bonds. The zero-order chi connectivity index (χ0) is 29.7. The van der Waals surface area contributed by atoms with Crippen LogP contribution in [0.25, 0.3) is 10.9 Å². The number of carbonyl (C=O) groups excluding carboxylic acids is 1. The van der Waals surface area contributed by atoms with Gasteiger partial charge in [-0.05, 0) is 69.2 Å². The number of nitrogens with one attached hydrogen (secondary N) is 1. The van der Waals surface area contributed by atoms with Crippen molar-refractivity contribution in [2.45, 2.75) is 6.42 Å². The van der Waals surface area contributed by atoms with Crippen LogP contribution in [-0.2, 0) is 16.0 Å². The van der Waals surface area contributed by atoms with E-state index >= 15 is 0 Å². The third-order valence-corrected chi connectivity index (χ3v) is 6.95. The van der Waals surface area contributed by atoms with Crippen molar-refractivity contribution in [3.63, 3.8) is 0 Å². The zero-order valence-corrected chi connectivity index (χ0v) is 24.3. The van der Waals surface area contributed by atoms with Crippen molar-refractivity contribution < 1.29 is 19.8 Å². The molecule has 0 unspecified atom stereocenters. The summed E-state index contributed by atoms with van der Waals surface area (Å²) >= 11 is 6.17. The number of halogens is 1. The number of carboxylic acids is 1. The molecule has 0 saturated carbocycles. The van der Waals surface area contributed by atoms with Gasteiger partial charge >= 0.3 is 5.97 Å². The molecule has 41 heavy (non-hydrogen) atoms. The van der Waals surface area contributed by atoms with Crippen molar-refractivity contribution in [3.05, 3.63) is 88.4 Å². The third-order valence-electron chi connectivity index (χ3n) is 6.72. The smallest absolute Gasteiger partial charge is 0.307 e. The van der Waals surface area contributed by atoms with E-state index in [1.807, 2.05) is 44.2 Å². The maximum atomic E-state index is 12.9. The summed E-state index contributed by atoms with van der Waals surface area (Å²) in [5.74, 6) is -1.05. The molecule has 4 aromatic rings. The molecule has 0 bridgehead atoms. The molecule has 9 nitrogen and oxygen atoms in total. The Morgan fingerprint density at radius 3 is 2.37 bits per heavy atom. The number of amides is 1. The molecule has 0 aliphatic carbocycles. The van der Waals surface area contributed by atoms with Gasteiger partial charge in [0, 0.05) is 41.8 Å². The summed E-state index contributed by atoms with van der Waals surface area (Å²) in [6.07, 6.45) is -0.143. The SMILES string of the molecule is CN(C)CCN(C)CC(=O)N(C)c1ccc(N=C(c2cccc(CC(=O)O)c2)c2c(O)[nH]c3cc(Cl)ccc23)cc1. The van der Waals surface area contributed by atoms with E-state index in [9.17, 15) is 19.8 Å². The van der Waals surface area contributed by atoms with Gasteiger partial charge < -0.3 is 25.0 Å². The normalized spacial score (nSPS) is 11.9. The number of rotatable bonds is 11. The number of aromatic hydroxyl groups is 1. The number of nitrogens with zero attached hydrogens (tertiary/aromatic N) is 4. The zero-order valence-electron chi connectivity index (χ0n) is 23.6. The van der Waals surface area contributed by atoms with Gasteiger partial charge in [0.1, 0.15) is 0 Å². The van der Waals surface area contributed by atoms with E-state index < -0.39 is 5.97 Å². The summed E-state index contributed by atoms with van der Waals surface area (Å²) < 4.78 is 0. The monoisotopic (exact) mass is 575 g/mol. The Hall–Kier alpha value is -4.18. The Morgan fingerprint density at radius 2 is 1.68 bits per heavy atom. The van der Waals surface area contributed by atoms with Crippen molar-refractivity contribution in [3.8, 4) is 5.88 Å². The highest BCUT2D eigenvalue weighted by atomic mass is 35.5. The van der Waals surface area contributed by atoms with E-state index in [0.29, 0.717) is 45.2 Å². The first-order valence-corrected chi connectivity index (χ1v) is 13.5. The molecule has 10 heteroatoms. The Balaban J connectivity index is 1.69. The van der Waals surface area contributed by atoms with E-state index in [4.69, 9.17) is 16.6 Å². The highest BCUT2D eigenvalue weighted by molar-refractivity contribution is 6.31. The first-order valence-electron chi connectivity index (χ1n) is 13.1. The van der Waals surface area contributed by atoms with Gasteiger partial charge in [-0.2, -0.15) is 0 Å². The summed E-state index contributed by atoms with van der Waals surface area (Å²) in [6, 6.07) is 19.6. The van der Waals surface area contributed by atoms with Gasteiger partial charge in [0.2, 0.25) is 5.91 Å². The van der Waals surface area contributed by atoms with Crippen LogP contribution in [0.2, 0.25) is 5.02 Å². The van der Waals surface area contributed by atoms with Gasteiger partial charge in [0.25, 0.3) is 0 Å². The first-order chi connectivity index (χ1) is 19.5. The third kappa shape index (κ3) is 7.52. The molecule has 3 N–H and O–H groups in total. The minimum absolute atomic E-state index is 0.0270. The molecule has 0 saturated heterocycles. The lowest BCUT2D eigenvalue weighted by molar-refractivity contribution is -0.136. The van der Waals surface area contributed by atoms with E-state index in [1.165, 1.54) is 0 Å². The quantitative estimate of drug-likeness (QED) is 0.222. The Bertz CT molecular complexity index is 1580. The standard InChI is InChI=1S/C31H34ClN5O4/c1-35(2)14-15-36(3)19-27(38)37(4)24-11-9-23(10-12-24)33-30(21-7-5-6-20(16-21)17-28(39)40)29-25-13-8-22(32)18-26(25)34-31(29)41/h5-13,16,18,34,41H,14-15,17,19H2,1-4H3,(H,39,40). The van der Waals surface area contributed by atoms with E-state index in [2.05, 4.69) is 9.88 Å². The van der Waals surface area contributed by atoms with Gasteiger partial charge in [-0.3, -0.25) is 14.5 Å². The fourth-order valence-electron chi connectivity index (χ4n) is 4.47. The highest BCUT2D eigenvalue weighted by Crippen LogP contribution is 2.33. The molecule has 0 atom stereocenters. The number of carboxylic acid groups (broad SMARTS) is 1. The molecule has 0 radical (unpaired) electrons. The summed E-state index contributed by atoms with van der Waals surface area (Å²) in [5, 5.41) is 21.5. The van der Waals surface area contributed by atoms with Crippen LogP contribution in [0.15, 0.2) is 71.7 Å². The van der Waals surface area contributed by atoms with Crippen LogP contribution in [0.5, 0.6) is 5.88 Å². The Labute approximate surface area is 244 Å². The van der Waals surface area contributed by atoms with E-state index in [1.54, 1.807) is 60.5 Å². The maximum Gasteiger partial charge on any atom is 0.307 e. The molecule has 0 spiro atoms. The van der Waals surface area contributed by atoms with Crippen molar-refractivity contribution in [1.82, 2.24) is 14.8 Å². The fraction of sp³-hybridized carbons (Fsp3) is 0.258. The second-order valence-electron chi connectivity index (χ2n) is 10.3. The van der Waals surface area contributed by atoms with Gasteiger partial charge in [-0.15, -0.1) is 0 Å². The fourth-order valence-corrected chi connectivity index (χ4v) is 4.65. The minimum Gasteiger partial charge on any atom is -0.494 e. The number of aromatic nitrogens is 1. The van der Waals surface area contributed by atoms with Crippen LogP contribution in [0.3, 0.4) is 0 Å². The number of aromatic amines is 1. The number of hydrogen-bond donors (Lipinski definition) is 3. The Kier molecular flexibility index (Phi) is 9.44. The van der Waals surface area contributed by atoms with Gasteiger partial charge in [0.15, 0.2) is 5.88 Å². The predicted octanol–water partition coefficient (Wildman–Crippen LogP) is 4.78. The van der Waals surface area contributed by atoms with Crippen LogP contribution in [0, 0.1) is 0 Å². The second kappa shape index (κ2) is 13.0. The highest BCUT2D eigenvalue weighted by Gasteiger charge is 2.20. The largest absolute Gasteiger partial charge is 0.494 e. The van der Waals surface area contributed by atoms with E-state index in [0.717, 1.165) is 24.2 Å². The average Bonchev–Trinajstić information content (AvgIpc) is 3.24. The molecule has 0 aliphatic heterocycles. The lowest BCUT2D eigenvalue weighted by atomic mass is 9.98. The van der Waals surface area contributed by atoms with Gasteiger partial charge in [0.05, 0.1) is 35.4 Å². The molecule has 1 aromatic heterocycles. The number of H-pyrrole nitrogens is 1. The molecular weight excluding hydrogens is 542 g/mol. The number of benzene rings is 3. The molecule has 3 aromatic carbocycles. The number of carbonyl (C=O) groups is 2. The molecule has 0 fully saturated rings. The lowest BCUT2D eigenvalue weighted by Gasteiger charge is -2.23. The number of anilines is 1. The van der Waals surface area contributed by atoms with Crippen LogP contribution in [0.1, 0.15) is 16.7 Å². The van der Waals surface area contributed by atoms with Crippen molar-refractivity contribution in [1.29, 1.82) is 0 Å². The number of fused-ring (bicyclic) bond motifs is 1. The summed E-state index contributed by atoms with van der Waals surface area (Å²) in [6.45, 7) is 1.94. The van der Waals surface area contributed by atoms with Crippen LogP contribution >= 0.6 is 11.6 Å². The maximum absolute atomic E-state index is 12.9. The number of aliphatic imine (C=N–C) groups is 1. The van der Waals surface area contributed by atoms with Crippen molar-refractivity contribution in [2.24, 2.45) is 4.99 Å². The Morgan fingerprint density at radius 1 is 0.951 bits per heavy atom. The first kappa shape index (κ1) is 29.8. The van der Waals surface area contributed by atoms with Gasteiger partial charge in [-0.1, -0.05) is 35.9 Å². The molecule has 0 aliphatic rings. The predicted molar refractivity (Wildman–Crippen MR) is 164 cm³/mol. The molecule has 1 heterocycles. The van der Waals surface area contributed by atoms with E-state index in [-0.39, 0.29) is 18.2 Å². The van der Waals surface area contributed by atoms with Gasteiger partial charge in [-0.25, -0.2) is 4.99 Å². The van der Waals surface area contributed by atoms with Crippen molar-refractivity contribution in [2.75, 3.05) is 52.7 Å². The topological polar surface area (TPSA) is 112 Å². The number of hydrogen-bond acceptors (Lipinski definition) is 6. The summed E-state index contributed by atoms with van der Waals surface area (Å²) in [7, 11) is 7.67. The second-order valence-corrected chi connectivity index (χ2v) is 10.7. The molecule has 4 rings (SSSR count). The summed E-state index contributed by atoms with van der Waals surface area (Å²) in [5.41, 5.74) is 4.15. The summed E-state index contributed by atoms with van der Waals surface area (Å²) in [4.78, 5) is 37.8. The lowest BCUT2D eigenvalue weighted by Crippen LogP contribution is -2.39. The number of aliphatic carboxylic acids is 1. The average molecular weight is 576 g/mol. The number of likely N-dealkylation sites (N-methyl/N-ethyl adjacent to an activating group) is 3.